The maximum Gasteiger partial charge on any atom is 0.341 e. The van der Waals surface area contributed by atoms with Crippen LogP contribution in [0.25, 0.3) is 0 Å². The van der Waals surface area contributed by atoms with Gasteiger partial charge in [0, 0.05) is 5.69 Å². The van der Waals surface area contributed by atoms with Gasteiger partial charge in [0.25, 0.3) is 0 Å². The number of nitrogens with one attached hydrogen (secondary N) is 1. The van der Waals surface area contributed by atoms with Crippen molar-refractivity contribution in [1.82, 2.24) is 0 Å². The van der Waals surface area contributed by atoms with Gasteiger partial charge in [0.15, 0.2) is 0 Å². The van der Waals surface area contributed by atoms with E-state index in [0.29, 0.717) is 23.8 Å². The van der Waals surface area contributed by atoms with E-state index in [2.05, 4.69) is 5.32 Å². The zero-order chi connectivity index (χ0) is 15.5. The van der Waals surface area contributed by atoms with Crippen LogP contribution in [0.15, 0.2) is 45.7 Å². The summed E-state index contributed by atoms with van der Waals surface area (Å²) in [5, 5.41) is 11.8. The number of alkyl halides is 2. The van der Waals surface area contributed by atoms with Gasteiger partial charge in [-0.3, -0.25) is 0 Å². The van der Waals surface area contributed by atoms with Crippen LogP contribution < -0.4 is 5.32 Å². The number of halogens is 2. The van der Waals surface area contributed by atoms with Crippen LogP contribution in [0.4, 0.5) is 14.5 Å². The molecule has 0 spiro atoms. The molecule has 0 unspecified atom stereocenters. The first-order chi connectivity index (χ1) is 9.93. The van der Waals surface area contributed by atoms with Crippen molar-refractivity contribution in [2.75, 3.05) is 5.32 Å². The zero-order valence-electron chi connectivity index (χ0n) is 10.8. The molecule has 2 aromatic rings. The molecule has 2 rings (SSSR count). The molecule has 0 saturated heterocycles. The number of aliphatic hydroxyl groups excluding tert-OH is 1. The molecule has 5 nitrogen and oxygen atoms in total. The third-order valence-corrected chi connectivity index (χ3v) is 4.16. The van der Waals surface area contributed by atoms with Crippen molar-refractivity contribution in [2.45, 2.75) is 23.8 Å². The second kappa shape index (κ2) is 6.23. The molecule has 21 heavy (non-hydrogen) atoms. The summed E-state index contributed by atoms with van der Waals surface area (Å²) in [4.78, 5) is -0.427. The van der Waals surface area contributed by atoms with Crippen molar-refractivity contribution in [3.63, 3.8) is 0 Å². The first-order valence-corrected chi connectivity index (χ1v) is 7.52. The van der Waals surface area contributed by atoms with E-state index in [4.69, 9.17) is 9.52 Å². The number of furan rings is 1. The van der Waals surface area contributed by atoms with Crippen LogP contribution in [0.2, 0.25) is 0 Å². The molecule has 2 N–H and O–H groups in total. The van der Waals surface area contributed by atoms with Gasteiger partial charge in [0.1, 0.15) is 18.1 Å². The van der Waals surface area contributed by atoms with Gasteiger partial charge in [-0.05, 0) is 36.4 Å². The summed E-state index contributed by atoms with van der Waals surface area (Å²) in [6.07, 6.45) is 0. The number of aliphatic hydroxyl groups is 1. The van der Waals surface area contributed by atoms with E-state index in [1.807, 2.05) is 0 Å². The second-order valence-electron chi connectivity index (χ2n) is 4.21. The molecule has 8 heteroatoms. The summed E-state index contributed by atoms with van der Waals surface area (Å²) in [6, 6.07) is 8.34. The monoisotopic (exact) mass is 317 g/mol. The number of sulfone groups is 1. The minimum Gasteiger partial charge on any atom is -0.462 e. The highest BCUT2D eigenvalue weighted by atomic mass is 32.2. The molecule has 0 aliphatic rings. The van der Waals surface area contributed by atoms with E-state index in [0.717, 1.165) is 12.1 Å². The summed E-state index contributed by atoms with van der Waals surface area (Å²) in [5.74, 6) is -2.41. The lowest BCUT2D eigenvalue weighted by molar-refractivity contribution is 0.234. The van der Waals surface area contributed by atoms with Gasteiger partial charge in [-0.15, -0.1) is 0 Å². The maximum absolute atomic E-state index is 12.4. The third-order valence-electron chi connectivity index (χ3n) is 2.76. The smallest absolute Gasteiger partial charge is 0.341 e. The van der Waals surface area contributed by atoms with Gasteiger partial charge in [0.2, 0.25) is 9.84 Å². The molecule has 0 atom stereocenters. The number of rotatable bonds is 6. The zero-order valence-corrected chi connectivity index (χ0v) is 11.6. The normalized spacial score (nSPS) is 11.8. The van der Waals surface area contributed by atoms with Crippen molar-refractivity contribution in [2.24, 2.45) is 0 Å². The predicted molar refractivity (Wildman–Crippen MR) is 71.6 cm³/mol. The number of benzene rings is 1. The molecule has 0 aliphatic carbocycles. The Kier molecular flexibility index (Phi) is 4.59. The molecule has 1 aromatic heterocycles. The minimum absolute atomic E-state index is 0.194. The van der Waals surface area contributed by atoms with Gasteiger partial charge in [0.05, 0.1) is 11.4 Å². The topological polar surface area (TPSA) is 79.5 Å². The van der Waals surface area contributed by atoms with Crippen molar-refractivity contribution < 1.29 is 26.7 Å². The van der Waals surface area contributed by atoms with E-state index in [1.165, 1.54) is 12.1 Å². The van der Waals surface area contributed by atoms with Gasteiger partial charge in [-0.25, -0.2) is 8.42 Å². The molecule has 0 saturated carbocycles. The van der Waals surface area contributed by atoms with E-state index < -0.39 is 20.5 Å². The van der Waals surface area contributed by atoms with E-state index in [9.17, 15) is 17.2 Å². The first-order valence-electron chi connectivity index (χ1n) is 5.98. The molecule has 0 fully saturated rings. The standard InChI is InChI=1S/C13H13F2NO4S/c14-13(15)21(18,19)12-5-1-9(2-6-12)16-7-10-3-4-11(8-17)20-10/h1-6,13,16-17H,7-8H2. The fraction of sp³-hybridized carbons (Fsp3) is 0.231. The lowest BCUT2D eigenvalue weighted by Gasteiger charge is -2.06. The fourth-order valence-corrected chi connectivity index (χ4v) is 2.38. The van der Waals surface area contributed by atoms with Crippen molar-refractivity contribution >= 4 is 15.5 Å². The summed E-state index contributed by atoms with van der Waals surface area (Å²) in [6.45, 7) is 0.126. The summed E-state index contributed by atoms with van der Waals surface area (Å²) >= 11 is 0. The molecule has 1 aromatic carbocycles. The predicted octanol–water partition coefficient (Wildman–Crippen LogP) is 2.38. The molecule has 0 radical (unpaired) electrons. The van der Waals surface area contributed by atoms with Gasteiger partial charge < -0.3 is 14.8 Å². The highest BCUT2D eigenvalue weighted by Crippen LogP contribution is 2.20. The number of hydrogen-bond donors (Lipinski definition) is 2. The Hall–Kier alpha value is -1.93. The fourth-order valence-electron chi connectivity index (χ4n) is 1.66. The number of hydrogen-bond acceptors (Lipinski definition) is 5. The Labute approximate surface area is 120 Å². The Morgan fingerprint density at radius 3 is 2.24 bits per heavy atom. The quantitative estimate of drug-likeness (QED) is 0.855. The van der Waals surface area contributed by atoms with Gasteiger partial charge in [-0.2, -0.15) is 8.78 Å². The largest absolute Gasteiger partial charge is 0.462 e. The average molecular weight is 317 g/mol. The van der Waals surface area contributed by atoms with E-state index in [1.54, 1.807) is 12.1 Å². The second-order valence-corrected chi connectivity index (χ2v) is 6.13. The lowest BCUT2D eigenvalue weighted by Crippen LogP contribution is -2.11. The maximum atomic E-state index is 12.4. The summed E-state index contributed by atoms with van der Waals surface area (Å²) in [7, 11) is -4.57. The van der Waals surface area contributed by atoms with Crippen LogP contribution >= 0.6 is 0 Å². The lowest BCUT2D eigenvalue weighted by atomic mass is 10.3. The summed E-state index contributed by atoms with van der Waals surface area (Å²) < 4.78 is 52.5. The highest BCUT2D eigenvalue weighted by molar-refractivity contribution is 7.91. The minimum atomic E-state index is -4.57. The van der Waals surface area contributed by atoms with Crippen LogP contribution in [-0.2, 0) is 23.0 Å². The van der Waals surface area contributed by atoms with E-state index in [-0.39, 0.29) is 6.61 Å². The molecule has 0 aliphatic heterocycles. The molecule has 0 amide bonds. The molecular weight excluding hydrogens is 304 g/mol. The van der Waals surface area contributed by atoms with E-state index >= 15 is 0 Å². The van der Waals surface area contributed by atoms with Crippen LogP contribution in [0.1, 0.15) is 11.5 Å². The Bertz CT molecular complexity index is 695. The molecule has 114 valence electrons. The van der Waals surface area contributed by atoms with Crippen LogP contribution in [0, 0.1) is 0 Å². The summed E-state index contributed by atoms with van der Waals surface area (Å²) in [5.41, 5.74) is 0.560. The van der Waals surface area contributed by atoms with Crippen molar-refractivity contribution in [1.29, 1.82) is 0 Å². The van der Waals surface area contributed by atoms with Crippen LogP contribution in [0.5, 0.6) is 0 Å². The Morgan fingerprint density at radius 1 is 1.10 bits per heavy atom. The van der Waals surface area contributed by atoms with Gasteiger partial charge >= 0.3 is 5.76 Å². The highest BCUT2D eigenvalue weighted by Gasteiger charge is 2.26. The van der Waals surface area contributed by atoms with Crippen LogP contribution in [0.3, 0.4) is 0 Å². The molecule has 0 bridgehead atoms. The van der Waals surface area contributed by atoms with Crippen molar-refractivity contribution in [3.05, 3.63) is 47.9 Å². The molecule has 1 heterocycles. The average Bonchev–Trinajstić information content (AvgIpc) is 2.93. The first kappa shape index (κ1) is 15.5. The SMILES string of the molecule is O=S(=O)(c1ccc(NCc2ccc(CO)o2)cc1)C(F)F. The number of anilines is 1. The third kappa shape index (κ3) is 3.59. The van der Waals surface area contributed by atoms with Crippen LogP contribution in [-0.4, -0.2) is 19.3 Å². The van der Waals surface area contributed by atoms with Gasteiger partial charge in [-0.1, -0.05) is 0 Å². The Morgan fingerprint density at radius 2 is 1.71 bits per heavy atom. The molecular formula is C13H13F2NO4S. The van der Waals surface area contributed by atoms with Crippen molar-refractivity contribution in [3.8, 4) is 0 Å². The Balaban J connectivity index is 2.03.